The highest BCUT2D eigenvalue weighted by Gasteiger charge is 2.42. The number of amides is 1. The molecule has 0 saturated carbocycles. The van der Waals surface area contributed by atoms with Gasteiger partial charge in [0.2, 0.25) is 5.91 Å². The van der Waals surface area contributed by atoms with E-state index in [-0.39, 0.29) is 17.8 Å². The van der Waals surface area contributed by atoms with Crippen molar-refractivity contribution in [1.82, 2.24) is 4.90 Å². The molecule has 160 valence electrons. The van der Waals surface area contributed by atoms with Gasteiger partial charge in [-0.25, -0.2) is 4.79 Å². The van der Waals surface area contributed by atoms with Crippen LogP contribution in [0.4, 0.5) is 0 Å². The zero-order valence-electron chi connectivity index (χ0n) is 17.8. The van der Waals surface area contributed by atoms with Crippen LogP contribution >= 0.6 is 0 Å². The van der Waals surface area contributed by atoms with Gasteiger partial charge in [0.05, 0.1) is 19.6 Å². The fourth-order valence-corrected chi connectivity index (χ4v) is 4.08. The van der Waals surface area contributed by atoms with Gasteiger partial charge in [0.15, 0.2) is 0 Å². The second-order valence-electron chi connectivity index (χ2n) is 7.81. The van der Waals surface area contributed by atoms with Crippen molar-refractivity contribution in [2.75, 3.05) is 26.9 Å². The van der Waals surface area contributed by atoms with E-state index in [0.29, 0.717) is 26.2 Å². The van der Waals surface area contributed by atoms with Crippen molar-refractivity contribution in [2.24, 2.45) is 5.92 Å². The predicted molar refractivity (Wildman–Crippen MR) is 116 cm³/mol. The third-order valence-corrected chi connectivity index (χ3v) is 5.65. The summed E-state index contributed by atoms with van der Waals surface area (Å²) in [6, 6.07) is 18.9. The molecule has 0 spiro atoms. The molecule has 1 fully saturated rings. The molecule has 1 amide bonds. The molecule has 1 aliphatic rings. The van der Waals surface area contributed by atoms with Crippen LogP contribution in [0, 0.1) is 5.92 Å². The maximum atomic E-state index is 13.8. The third kappa shape index (κ3) is 5.28. The minimum atomic E-state index is -0.572. The average Bonchev–Trinajstić information content (AvgIpc) is 3.22. The van der Waals surface area contributed by atoms with Crippen LogP contribution in [0.1, 0.15) is 43.2 Å². The molecule has 0 radical (unpaired) electrons. The van der Waals surface area contributed by atoms with Crippen LogP contribution in [0.5, 0.6) is 0 Å². The zero-order valence-corrected chi connectivity index (χ0v) is 17.8. The molecule has 0 bridgehead atoms. The predicted octanol–water partition coefficient (Wildman–Crippen LogP) is 4.03. The molecule has 0 N–H and O–H groups in total. The maximum Gasteiger partial charge on any atom is 0.328 e. The highest BCUT2D eigenvalue weighted by molar-refractivity contribution is 5.91. The molecule has 1 aliphatic heterocycles. The van der Waals surface area contributed by atoms with Crippen molar-refractivity contribution in [1.29, 1.82) is 0 Å². The van der Waals surface area contributed by atoms with Crippen LogP contribution in [0.2, 0.25) is 0 Å². The molecule has 0 unspecified atom stereocenters. The van der Waals surface area contributed by atoms with Gasteiger partial charge in [0.1, 0.15) is 6.04 Å². The van der Waals surface area contributed by atoms with Crippen LogP contribution in [0.3, 0.4) is 0 Å². The molecule has 30 heavy (non-hydrogen) atoms. The number of rotatable bonds is 9. The van der Waals surface area contributed by atoms with E-state index in [2.05, 4.69) is 6.92 Å². The average molecular weight is 410 g/mol. The first kappa shape index (κ1) is 22.0. The summed E-state index contributed by atoms with van der Waals surface area (Å²) < 4.78 is 10.8. The standard InChI is InChI=1S/C25H31NO4/c1-3-4-15-30-18-19-16-22(25(28)29-2)26(17-19)24(27)23(20-11-7-5-8-12-20)21-13-9-6-10-14-21/h5-14,19,22-23H,3-4,15-18H2,1-2H3/t19-,22-/m0/s1. The van der Waals surface area contributed by atoms with E-state index in [1.807, 2.05) is 60.7 Å². The van der Waals surface area contributed by atoms with E-state index < -0.39 is 12.0 Å². The van der Waals surface area contributed by atoms with E-state index in [0.717, 1.165) is 24.0 Å². The molecular formula is C25H31NO4. The van der Waals surface area contributed by atoms with E-state index in [1.165, 1.54) is 7.11 Å². The number of nitrogens with zero attached hydrogens (tertiary/aromatic N) is 1. The Morgan fingerprint density at radius 2 is 1.63 bits per heavy atom. The number of unbranched alkanes of at least 4 members (excludes halogenated alkanes) is 1. The van der Waals surface area contributed by atoms with Crippen LogP contribution in [0.25, 0.3) is 0 Å². The summed E-state index contributed by atoms with van der Waals surface area (Å²) in [4.78, 5) is 28.0. The lowest BCUT2D eigenvalue weighted by atomic mass is 9.90. The molecule has 2 aromatic carbocycles. The number of carbonyl (C=O) groups is 2. The minimum Gasteiger partial charge on any atom is -0.467 e. The first-order valence-corrected chi connectivity index (χ1v) is 10.7. The Morgan fingerprint density at radius 3 is 2.17 bits per heavy atom. The smallest absolute Gasteiger partial charge is 0.328 e. The first-order chi connectivity index (χ1) is 14.7. The van der Waals surface area contributed by atoms with Gasteiger partial charge in [-0.15, -0.1) is 0 Å². The topological polar surface area (TPSA) is 55.8 Å². The summed E-state index contributed by atoms with van der Waals surface area (Å²) >= 11 is 0. The molecule has 5 heteroatoms. The van der Waals surface area contributed by atoms with Gasteiger partial charge >= 0.3 is 5.97 Å². The molecule has 5 nitrogen and oxygen atoms in total. The lowest BCUT2D eigenvalue weighted by molar-refractivity contribution is -0.151. The highest BCUT2D eigenvalue weighted by Crippen LogP contribution is 2.32. The Hall–Kier alpha value is -2.66. The van der Waals surface area contributed by atoms with Crippen LogP contribution in [-0.2, 0) is 19.1 Å². The number of esters is 1. The van der Waals surface area contributed by atoms with Crippen LogP contribution < -0.4 is 0 Å². The summed E-state index contributed by atoms with van der Waals surface area (Å²) in [5.41, 5.74) is 1.83. The molecule has 2 aromatic rings. The van der Waals surface area contributed by atoms with Crippen molar-refractivity contribution in [3.63, 3.8) is 0 Å². The molecule has 3 rings (SSSR count). The van der Waals surface area contributed by atoms with Crippen molar-refractivity contribution in [2.45, 2.75) is 38.1 Å². The summed E-state index contributed by atoms with van der Waals surface area (Å²) in [6.07, 6.45) is 2.66. The summed E-state index contributed by atoms with van der Waals surface area (Å²) in [6.45, 7) is 3.89. The maximum absolute atomic E-state index is 13.8. The number of likely N-dealkylation sites (tertiary alicyclic amines) is 1. The van der Waals surface area contributed by atoms with Crippen molar-refractivity contribution in [3.8, 4) is 0 Å². The Balaban J connectivity index is 1.85. The Labute approximate surface area is 179 Å². The van der Waals surface area contributed by atoms with Crippen LogP contribution in [-0.4, -0.2) is 49.7 Å². The number of hydrogen-bond donors (Lipinski definition) is 0. The summed E-state index contributed by atoms with van der Waals surface area (Å²) in [7, 11) is 1.38. The normalized spacial score (nSPS) is 18.6. The van der Waals surface area contributed by atoms with Crippen molar-refractivity contribution < 1.29 is 19.1 Å². The quantitative estimate of drug-likeness (QED) is 0.464. The van der Waals surface area contributed by atoms with Gasteiger partial charge < -0.3 is 14.4 Å². The Morgan fingerprint density at radius 1 is 1.03 bits per heavy atom. The minimum absolute atomic E-state index is 0.0705. The number of methoxy groups -OCH3 is 1. The largest absolute Gasteiger partial charge is 0.467 e. The number of benzene rings is 2. The fraction of sp³-hybridized carbons (Fsp3) is 0.440. The molecular weight excluding hydrogens is 378 g/mol. The van der Waals surface area contributed by atoms with Gasteiger partial charge in [-0.1, -0.05) is 74.0 Å². The molecule has 1 saturated heterocycles. The number of ether oxygens (including phenoxy) is 2. The molecule has 2 atom stereocenters. The summed E-state index contributed by atoms with van der Waals surface area (Å²) in [5, 5.41) is 0. The highest BCUT2D eigenvalue weighted by atomic mass is 16.5. The Kier molecular flexibility index (Phi) is 8.03. The van der Waals surface area contributed by atoms with E-state index >= 15 is 0 Å². The second-order valence-corrected chi connectivity index (χ2v) is 7.81. The molecule has 0 aliphatic carbocycles. The zero-order chi connectivity index (χ0) is 21.3. The summed E-state index contributed by atoms with van der Waals surface area (Å²) in [5.74, 6) is -0.764. The Bertz CT molecular complexity index is 769. The number of hydrogen-bond acceptors (Lipinski definition) is 4. The van der Waals surface area contributed by atoms with E-state index in [4.69, 9.17) is 9.47 Å². The van der Waals surface area contributed by atoms with Gasteiger partial charge in [-0.05, 0) is 24.0 Å². The van der Waals surface area contributed by atoms with Gasteiger partial charge in [0, 0.05) is 19.1 Å². The SMILES string of the molecule is CCCCOC[C@H]1C[C@@H](C(=O)OC)N(C(=O)C(c2ccccc2)c2ccccc2)C1. The lowest BCUT2D eigenvalue weighted by Gasteiger charge is -2.28. The second kappa shape index (κ2) is 10.9. The molecule has 0 aromatic heterocycles. The molecule has 1 heterocycles. The monoisotopic (exact) mass is 409 g/mol. The fourth-order valence-electron chi connectivity index (χ4n) is 4.08. The van der Waals surface area contributed by atoms with E-state index in [9.17, 15) is 9.59 Å². The lowest BCUT2D eigenvalue weighted by Crippen LogP contribution is -2.43. The van der Waals surface area contributed by atoms with Crippen LogP contribution in [0.15, 0.2) is 60.7 Å². The van der Waals surface area contributed by atoms with Gasteiger partial charge in [0.25, 0.3) is 0 Å². The first-order valence-electron chi connectivity index (χ1n) is 10.7. The van der Waals surface area contributed by atoms with Crippen molar-refractivity contribution in [3.05, 3.63) is 71.8 Å². The van der Waals surface area contributed by atoms with Gasteiger partial charge in [-0.3, -0.25) is 4.79 Å². The van der Waals surface area contributed by atoms with Gasteiger partial charge in [-0.2, -0.15) is 0 Å². The number of carbonyl (C=O) groups excluding carboxylic acids is 2. The third-order valence-electron chi connectivity index (χ3n) is 5.65. The van der Waals surface area contributed by atoms with Crippen molar-refractivity contribution >= 4 is 11.9 Å². The van der Waals surface area contributed by atoms with E-state index in [1.54, 1.807) is 4.90 Å².